The van der Waals surface area contributed by atoms with Gasteiger partial charge in [0.05, 0.1) is 0 Å². The highest BCUT2D eigenvalue weighted by Gasteiger charge is 2.24. The lowest BCUT2D eigenvalue weighted by atomic mass is 9.83. The third kappa shape index (κ3) is 4.42. The summed E-state index contributed by atoms with van der Waals surface area (Å²) < 4.78 is 11.2. The molecule has 0 aliphatic carbocycles. The van der Waals surface area contributed by atoms with Crippen LogP contribution in [-0.2, 0) is 9.47 Å². The van der Waals surface area contributed by atoms with E-state index in [0.29, 0.717) is 23.2 Å². The van der Waals surface area contributed by atoms with Crippen LogP contribution < -0.4 is 0 Å². The van der Waals surface area contributed by atoms with Crippen LogP contribution in [0.15, 0.2) is 0 Å². The molecule has 1 saturated heterocycles. The zero-order valence-corrected chi connectivity index (χ0v) is 11.6. The molecule has 1 aliphatic rings. The maximum absolute atomic E-state index is 5.84. The summed E-state index contributed by atoms with van der Waals surface area (Å²) >= 11 is 0. The predicted molar refractivity (Wildman–Crippen MR) is 67.5 cm³/mol. The minimum Gasteiger partial charge on any atom is -0.381 e. The Morgan fingerprint density at radius 3 is 2.44 bits per heavy atom. The van der Waals surface area contributed by atoms with Crippen molar-refractivity contribution in [3.8, 4) is 0 Å². The molecule has 0 N–H and O–H groups in total. The predicted octanol–water partition coefficient (Wildman–Crippen LogP) is 3.36. The molecule has 16 heavy (non-hydrogen) atoms. The van der Waals surface area contributed by atoms with E-state index >= 15 is 0 Å². The largest absolute Gasteiger partial charge is 0.381 e. The molecule has 0 aromatic rings. The van der Waals surface area contributed by atoms with Gasteiger partial charge in [0.25, 0.3) is 0 Å². The van der Waals surface area contributed by atoms with Gasteiger partial charge >= 0.3 is 0 Å². The van der Waals surface area contributed by atoms with Crippen molar-refractivity contribution in [2.75, 3.05) is 26.4 Å². The first-order chi connectivity index (χ1) is 7.41. The summed E-state index contributed by atoms with van der Waals surface area (Å²) in [6, 6.07) is 0. The molecule has 1 aliphatic heterocycles. The maximum atomic E-state index is 5.84. The first kappa shape index (κ1) is 14.0. The minimum atomic E-state index is 0.347. The lowest BCUT2D eigenvalue weighted by Gasteiger charge is -2.28. The molecule has 0 saturated carbocycles. The van der Waals surface area contributed by atoms with Gasteiger partial charge in [-0.25, -0.2) is 0 Å². The van der Waals surface area contributed by atoms with Gasteiger partial charge in [-0.3, -0.25) is 0 Å². The van der Waals surface area contributed by atoms with Gasteiger partial charge in [0.2, 0.25) is 0 Å². The molecule has 1 fully saturated rings. The van der Waals surface area contributed by atoms with Crippen molar-refractivity contribution in [1.82, 2.24) is 0 Å². The van der Waals surface area contributed by atoms with Gasteiger partial charge in [-0.2, -0.15) is 0 Å². The molecule has 3 unspecified atom stereocenters. The smallest absolute Gasteiger partial charge is 0.0498 e. The Kier molecular flexibility index (Phi) is 5.26. The standard InChI is InChI=1S/C14H28O2/c1-11(13-6-7-15-10-13)8-16-9-12(2)14(3,4)5/h11-13H,6-10H2,1-5H3. The molecular formula is C14H28O2. The van der Waals surface area contributed by atoms with Crippen LogP contribution in [0, 0.1) is 23.2 Å². The van der Waals surface area contributed by atoms with E-state index in [4.69, 9.17) is 9.47 Å². The van der Waals surface area contributed by atoms with E-state index in [1.807, 2.05) is 0 Å². The summed E-state index contributed by atoms with van der Waals surface area (Å²) in [7, 11) is 0. The molecule has 2 heteroatoms. The Morgan fingerprint density at radius 1 is 1.25 bits per heavy atom. The third-order valence-corrected chi connectivity index (χ3v) is 4.00. The Labute approximate surface area is 101 Å². The van der Waals surface area contributed by atoms with Crippen LogP contribution in [0.5, 0.6) is 0 Å². The van der Waals surface area contributed by atoms with Crippen molar-refractivity contribution >= 4 is 0 Å². The monoisotopic (exact) mass is 228 g/mol. The average molecular weight is 228 g/mol. The van der Waals surface area contributed by atoms with E-state index in [0.717, 1.165) is 26.4 Å². The zero-order chi connectivity index (χ0) is 12.2. The highest BCUT2D eigenvalue weighted by molar-refractivity contribution is 4.72. The average Bonchev–Trinajstić information content (AvgIpc) is 2.68. The van der Waals surface area contributed by atoms with Gasteiger partial charge in [0.1, 0.15) is 0 Å². The van der Waals surface area contributed by atoms with Crippen LogP contribution in [0.4, 0.5) is 0 Å². The molecule has 0 amide bonds. The van der Waals surface area contributed by atoms with Crippen molar-refractivity contribution < 1.29 is 9.47 Å². The van der Waals surface area contributed by atoms with Crippen LogP contribution >= 0.6 is 0 Å². The maximum Gasteiger partial charge on any atom is 0.0498 e. The number of ether oxygens (including phenoxy) is 2. The van der Waals surface area contributed by atoms with Gasteiger partial charge in [0.15, 0.2) is 0 Å². The lowest BCUT2D eigenvalue weighted by Crippen LogP contribution is -2.25. The van der Waals surface area contributed by atoms with E-state index in [9.17, 15) is 0 Å². The fraction of sp³-hybridized carbons (Fsp3) is 1.00. The molecule has 0 aromatic carbocycles. The van der Waals surface area contributed by atoms with Crippen LogP contribution in [0.3, 0.4) is 0 Å². The molecule has 2 nitrogen and oxygen atoms in total. The van der Waals surface area contributed by atoms with E-state index < -0.39 is 0 Å². The van der Waals surface area contributed by atoms with Crippen molar-refractivity contribution in [2.45, 2.75) is 41.0 Å². The Balaban J connectivity index is 2.14. The minimum absolute atomic E-state index is 0.347. The van der Waals surface area contributed by atoms with E-state index in [2.05, 4.69) is 34.6 Å². The Hall–Kier alpha value is -0.0800. The molecule has 1 rings (SSSR count). The Bertz CT molecular complexity index is 189. The van der Waals surface area contributed by atoms with Gasteiger partial charge in [-0.05, 0) is 29.6 Å². The van der Waals surface area contributed by atoms with Gasteiger partial charge in [0, 0.05) is 26.4 Å². The molecule has 96 valence electrons. The lowest BCUT2D eigenvalue weighted by molar-refractivity contribution is 0.0327. The van der Waals surface area contributed by atoms with Crippen LogP contribution in [0.2, 0.25) is 0 Å². The second-order valence-corrected chi connectivity index (χ2v) is 6.41. The molecule has 3 atom stereocenters. The number of hydrogen-bond donors (Lipinski definition) is 0. The summed E-state index contributed by atoms with van der Waals surface area (Å²) in [4.78, 5) is 0. The molecule has 0 spiro atoms. The molecule has 0 radical (unpaired) electrons. The van der Waals surface area contributed by atoms with Gasteiger partial charge in [-0.1, -0.05) is 34.6 Å². The van der Waals surface area contributed by atoms with E-state index in [1.54, 1.807) is 0 Å². The quantitative estimate of drug-likeness (QED) is 0.718. The van der Waals surface area contributed by atoms with Crippen LogP contribution in [0.25, 0.3) is 0 Å². The van der Waals surface area contributed by atoms with Crippen molar-refractivity contribution in [2.24, 2.45) is 23.2 Å². The SMILES string of the molecule is CC(COCC(C)C(C)(C)C)C1CCOC1. The molecule has 0 aromatic heterocycles. The summed E-state index contributed by atoms with van der Waals surface area (Å²) in [5.41, 5.74) is 0.347. The summed E-state index contributed by atoms with van der Waals surface area (Å²) in [5.74, 6) is 1.96. The first-order valence-electron chi connectivity index (χ1n) is 6.56. The van der Waals surface area contributed by atoms with Gasteiger partial charge < -0.3 is 9.47 Å². The van der Waals surface area contributed by atoms with E-state index in [-0.39, 0.29) is 0 Å². The second-order valence-electron chi connectivity index (χ2n) is 6.41. The fourth-order valence-electron chi connectivity index (χ4n) is 1.82. The van der Waals surface area contributed by atoms with Crippen molar-refractivity contribution in [1.29, 1.82) is 0 Å². The highest BCUT2D eigenvalue weighted by Crippen LogP contribution is 2.26. The van der Waals surface area contributed by atoms with E-state index in [1.165, 1.54) is 6.42 Å². The fourth-order valence-corrected chi connectivity index (χ4v) is 1.82. The molecule has 1 heterocycles. The Morgan fingerprint density at radius 2 is 1.94 bits per heavy atom. The summed E-state index contributed by atoms with van der Waals surface area (Å²) in [6.07, 6.45) is 1.21. The van der Waals surface area contributed by atoms with Gasteiger partial charge in [-0.15, -0.1) is 0 Å². The topological polar surface area (TPSA) is 18.5 Å². The van der Waals surface area contributed by atoms with Crippen LogP contribution in [-0.4, -0.2) is 26.4 Å². The highest BCUT2D eigenvalue weighted by atomic mass is 16.5. The molecular weight excluding hydrogens is 200 g/mol. The number of rotatable bonds is 5. The van der Waals surface area contributed by atoms with Crippen molar-refractivity contribution in [3.05, 3.63) is 0 Å². The van der Waals surface area contributed by atoms with Crippen LogP contribution in [0.1, 0.15) is 41.0 Å². The second kappa shape index (κ2) is 6.02. The summed E-state index contributed by atoms with van der Waals surface area (Å²) in [6.45, 7) is 15.0. The summed E-state index contributed by atoms with van der Waals surface area (Å²) in [5, 5.41) is 0. The molecule has 0 bridgehead atoms. The normalized spacial score (nSPS) is 25.7. The third-order valence-electron chi connectivity index (χ3n) is 4.00. The first-order valence-corrected chi connectivity index (χ1v) is 6.56. The zero-order valence-electron chi connectivity index (χ0n) is 11.6. The number of hydrogen-bond acceptors (Lipinski definition) is 2. The van der Waals surface area contributed by atoms with Crippen molar-refractivity contribution in [3.63, 3.8) is 0 Å².